The fraction of sp³-hybridized carbons (Fsp3) is 0.370. The Morgan fingerprint density at radius 1 is 0.969 bits per heavy atom. The van der Waals surface area contributed by atoms with Crippen molar-refractivity contribution in [1.29, 1.82) is 0 Å². The first kappa shape index (κ1) is 20.3. The van der Waals surface area contributed by atoms with E-state index in [9.17, 15) is 9.32 Å². The number of nitrogens with zero attached hydrogens (tertiary/aromatic N) is 2. The maximum Gasteiger partial charge on any atom is 0.133 e. The van der Waals surface area contributed by atoms with Gasteiger partial charge in [0.25, 0.3) is 0 Å². The third kappa shape index (κ3) is 2.68. The van der Waals surface area contributed by atoms with E-state index in [1.54, 1.807) is 6.20 Å². The van der Waals surface area contributed by atoms with Gasteiger partial charge in [0, 0.05) is 36.5 Å². The van der Waals surface area contributed by atoms with Crippen molar-refractivity contribution in [3.05, 3.63) is 94.7 Å². The molecule has 164 valence electrons. The average Bonchev–Trinajstić information content (AvgIpc) is 3.38. The standard InChI is InChI=1S/C27H28N2O2S/c1-2-32(31)25-24(12-7-15-28-25)26(30)13-16-29(17-14-26)27-18-21(19-8-3-5-10-22(19)27)20-9-4-6-11-23(20)27/h3-12,15,21,30H,2,13-14,16-18H2,1H3. The van der Waals surface area contributed by atoms with Crippen LogP contribution >= 0.6 is 0 Å². The largest absolute Gasteiger partial charge is 0.385 e. The van der Waals surface area contributed by atoms with Crippen molar-refractivity contribution in [3.8, 4) is 0 Å². The zero-order chi connectivity index (χ0) is 21.9. The second-order valence-corrected chi connectivity index (χ2v) is 11.0. The molecule has 5 heteroatoms. The van der Waals surface area contributed by atoms with Gasteiger partial charge in [-0.25, -0.2) is 4.98 Å². The summed E-state index contributed by atoms with van der Waals surface area (Å²) in [4.78, 5) is 6.98. The molecule has 1 aliphatic heterocycles. The second-order valence-electron chi connectivity index (χ2n) is 9.30. The predicted molar refractivity (Wildman–Crippen MR) is 126 cm³/mol. The summed E-state index contributed by atoms with van der Waals surface area (Å²) in [5.74, 6) is 0.963. The molecule has 6 rings (SSSR count). The van der Waals surface area contributed by atoms with Gasteiger partial charge in [0.1, 0.15) is 5.03 Å². The summed E-state index contributed by atoms with van der Waals surface area (Å²) in [6.07, 6.45) is 3.99. The molecule has 1 saturated heterocycles. The van der Waals surface area contributed by atoms with E-state index in [1.165, 1.54) is 22.3 Å². The number of aromatic nitrogens is 1. The van der Waals surface area contributed by atoms with Crippen LogP contribution in [0.4, 0.5) is 0 Å². The molecule has 4 nitrogen and oxygen atoms in total. The first-order valence-electron chi connectivity index (χ1n) is 11.6. The van der Waals surface area contributed by atoms with E-state index >= 15 is 0 Å². The zero-order valence-electron chi connectivity index (χ0n) is 18.3. The van der Waals surface area contributed by atoms with E-state index in [-0.39, 0.29) is 5.54 Å². The molecular formula is C27H28N2O2S. The molecule has 2 aromatic carbocycles. The molecule has 1 N–H and O–H groups in total. The lowest BCUT2D eigenvalue weighted by Gasteiger charge is -2.48. The van der Waals surface area contributed by atoms with Gasteiger partial charge in [-0.05, 0) is 47.6 Å². The molecule has 0 saturated carbocycles. The number of fused-ring (bicyclic) bond motifs is 8. The molecule has 2 heterocycles. The average molecular weight is 445 g/mol. The predicted octanol–water partition coefficient (Wildman–Crippen LogP) is 4.29. The van der Waals surface area contributed by atoms with E-state index in [2.05, 4.69) is 58.4 Å². The van der Waals surface area contributed by atoms with Gasteiger partial charge in [-0.2, -0.15) is 0 Å². The summed E-state index contributed by atoms with van der Waals surface area (Å²) in [5.41, 5.74) is 5.43. The van der Waals surface area contributed by atoms with Crippen LogP contribution in [0.25, 0.3) is 0 Å². The Morgan fingerprint density at radius 3 is 2.19 bits per heavy atom. The topological polar surface area (TPSA) is 53.4 Å². The highest BCUT2D eigenvalue weighted by Gasteiger charge is 2.56. The van der Waals surface area contributed by atoms with E-state index in [4.69, 9.17) is 0 Å². The van der Waals surface area contributed by atoms with Crippen LogP contribution in [0.1, 0.15) is 59.9 Å². The minimum absolute atomic E-state index is 0.108. The molecule has 1 fully saturated rings. The van der Waals surface area contributed by atoms with Crippen LogP contribution in [0.2, 0.25) is 0 Å². The number of hydrogen-bond acceptors (Lipinski definition) is 4. The highest BCUT2D eigenvalue weighted by atomic mass is 32.2. The molecule has 32 heavy (non-hydrogen) atoms. The summed E-state index contributed by atoms with van der Waals surface area (Å²) in [6.45, 7) is 3.48. The lowest BCUT2D eigenvalue weighted by molar-refractivity contribution is -0.0504. The number of aliphatic hydroxyl groups is 1. The Kier molecular flexibility index (Phi) is 4.65. The van der Waals surface area contributed by atoms with Crippen LogP contribution in [-0.2, 0) is 21.9 Å². The third-order valence-electron chi connectivity index (χ3n) is 7.94. The molecule has 2 aliphatic carbocycles. The molecule has 1 atom stereocenters. The monoisotopic (exact) mass is 444 g/mol. The van der Waals surface area contributed by atoms with Crippen molar-refractivity contribution < 1.29 is 9.32 Å². The number of hydrogen-bond donors (Lipinski definition) is 1. The van der Waals surface area contributed by atoms with Crippen LogP contribution in [0.15, 0.2) is 71.9 Å². The summed E-state index contributed by atoms with van der Waals surface area (Å²) < 4.78 is 12.6. The minimum Gasteiger partial charge on any atom is -0.385 e. The minimum atomic E-state index is -1.19. The highest BCUT2D eigenvalue weighted by Crippen LogP contribution is 2.62. The van der Waals surface area contributed by atoms with E-state index in [0.29, 0.717) is 29.5 Å². The lowest BCUT2D eigenvalue weighted by atomic mass is 9.77. The molecule has 1 aromatic heterocycles. The Labute approximate surface area is 191 Å². The second kappa shape index (κ2) is 7.34. The van der Waals surface area contributed by atoms with Crippen molar-refractivity contribution in [2.45, 2.75) is 48.3 Å². The smallest absolute Gasteiger partial charge is 0.133 e. The van der Waals surface area contributed by atoms with Gasteiger partial charge in [-0.15, -0.1) is 0 Å². The molecule has 3 aromatic rings. The molecular weight excluding hydrogens is 416 g/mol. The fourth-order valence-electron chi connectivity index (χ4n) is 6.46. The Hall–Kier alpha value is -2.34. The van der Waals surface area contributed by atoms with Crippen molar-refractivity contribution in [3.63, 3.8) is 0 Å². The molecule has 3 aliphatic rings. The van der Waals surface area contributed by atoms with Crippen molar-refractivity contribution in [1.82, 2.24) is 9.88 Å². The van der Waals surface area contributed by atoms with Gasteiger partial charge >= 0.3 is 0 Å². The zero-order valence-corrected chi connectivity index (χ0v) is 19.1. The van der Waals surface area contributed by atoms with Gasteiger partial charge in [0.2, 0.25) is 0 Å². The van der Waals surface area contributed by atoms with Crippen LogP contribution < -0.4 is 0 Å². The van der Waals surface area contributed by atoms with Gasteiger partial charge < -0.3 is 5.11 Å². The number of likely N-dealkylation sites (tertiary alicyclic amines) is 1. The number of piperidine rings is 1. The summed E-state index contributed by atoms with van der Waals surface area (Å²) >= 11 is 0. The molecule has 2 bridgehead atoms. The van der Waals surface area contributed by atoms with E-state index in [0.717, 1.165) is 25.1 Å². The van der Waals surface area contributed by atoms with Crippen LogP contribution in [-0.4, -0.2) is 38.0 Å². The molecule has 0 amide bonds. The third-order valence-corrected chi connectivity index (χ3v) is 9.22. The Bertz CT molecular complexity index is 1170. The van der Waals surface area contributed by atoms with Gasteiger partial charge in [-0.1, -0.05) is 61.5 Å². The number of pyridine rings is 1. The van der Waals surface area contributed by atoms with Crippen LogP contribution in [0.3, 0.4) is 0 Å². The van der Waals surface area contributed by atoms with Gasteiger partial charge in [0.15, 0.2) is 0 Å². The maximum atomic E-state index is 12.6. The van der Waals surface area contributed by atoms with Crippen molar-refractivity contribution >= 4 is 10.8 Å². The SMILES string of the molecule is CCS(=O)c1ncccc1C1(O)CCN(C23CC(c4ccccc42)c2ccccc23)CC1. The molecule has 1 unspecified atom stereocenters. The summed E-state index contributed by atoms with van der Waals surface area (Å²) in [7, 11) is -1.19. The quantitative estimate of drug-likeness (QED) is 0.652. The molecule has 0 spiro atoms. The van der Waals surface area contributed by atoms with Gasteiger partial charge in [0.05, 0.1) is 21.9 Å². The lowest BCUT2D eigenvalue weighted by Crippen LogP contribution is -2.52. The van der Waals surface area contributed by atoms with Gasteiger partial charge in [-0.3, -0.25) is 9.11 Å². The van der Waals surface area contributed by atoms with Crippen LogP contribution in [0, 0.1) is 0 Å². The van der Waals surface area contributed by atoms with E-state index < -0.39 is 16.4 Å². The Morgan fingerprint density at radius 2 is 1.56 bits per heavy atom. The van der Waals surface area contributed by atoms with E-state index in [1.807, 2.05) is 19.1 Å². The highest BCUT2D eigenvalue weighted by molar-refractivity contribution is 7.85. The Balaban J connectivity index is 1.37. The summed E-state index contributed by atoms with van der Waals surface area (Å²) in [5, 5.41) is 12.2. The van der Waals surface area contributed by atoms with Crippen molar-refractivity contribution in [2.24, 2.45) is 0 Å². The number of rotatable bonds is 4. The van der Waals surface area contributed by atoms with Crippen molar-refractivity contribution in [2.75, 3.05) is 18.8 Å². The summed E-state index contributed by atoms with van der Waals surface area (Å²) in [6, 6.07) is 21.6. The first-order chi connectivity index (χ1) is 15.6. The fourth-order valence-corrected chi connectivity index (χ4v) is 7.42. The van der Waals surface area contributed by atoms with Crippen LogP contribution in [0.5, 0.6) is 0 Å². The maximum absolute atomic E-state index is 12.6. The normalized spacial score (nSPS) is 26.5. The first-order valence-corrected chi connectivity index (χ1v) is 12.9. The number of benzene rings is 2. The molecule has 0 radical (unpaired) electrons.